The maximum absolute atomic E-state index is 4.32. The molecule has 0 unspecified atom stereocenters. The molecule has 4 rings (SSSR count). The average molecular weight is 413 g/mol. The molecule has 0 radical (unpaired) electrons. The van der Waals surface area contributed by atoms with E-state index in [1.807, 2.05) is 44.4 Å². The van der Waals surface area contributed by atoms with Crippen LogP contribution >= 0.6 is 0 Å². The number of nitrogens with zero attached hydrogens (tertiary/aromatic N) is 3. The van der Waals surface area contributed by atoms with E-state index in [1.165, 1.54) is 27.6 Å². The van der Waals surface area contributed by atoms with E-state index in [4.69, 9.17) is 0 Å². The molecule has 0 fully saturated rings. The normalized spacial score (nSPS) is 13.2. The molecule has 1 aliphatic rings. The summed E-state index contributed by atoms with van der Waals surface area (Å²) in [5, 5.41) is 5.38. The zero-order valence-electron chi connectivity index (χ0n) is 19.0. The number of fused-ring (bicyclic) bond motifs is 2. The van der Waals surface area contributed by atoms with Gasteiger partial charge in [-0.15, -0.1) is 0 Å². The molecule has 2 aromatic carbocycles. The standard InChI is InChI=1S/C16H19N3.C11H13N/c1-5-15(19(4)6-2)12-7-8-13-11-18-16(17-3)10-14(13)9-12;1-3-9-4-5-10-7-12(2)8-11(10)6-9/h5-11H,2H2,1,3-4H3,(H,17,18);3-6H,1,7-8H2,2H3/b15-5-;. The summed E-state index contributed by atoms with van der Waals surface area (Å²) in [5.74, 6) is 0.878. The fraction of sp³-hybridized carbons (Fsp3) is 0.222. The molecule has 1 aliphatic heterocycles. The van der Waals surface area contributed by atoms with Gasteiger partial charge in [0.05, 0.1) is 0 Å². The van der Waals surface area contributed by atoms with Crippen LogP contribution in [0.15, 0.2) is 74.1 Å². The second-order valence-corrected chi connectivity index (χ2v) is 7.75. The second-order valence-electron chi connectivity index (χ2n) is 7.75. The first-order valence-electron chi connectivity index (χ1n) is 10.5. The van der Waals surface area contributed by atoms with E-state index in [2.05, 4.69) is 83.9 Å². The zero-order chi connectivity index (χ0) is 22.4. The Hall–Kier alpha value is -3.37. The van der Waals surface area contributed by atoms with Crippen molar-refractivity contribution in [2.24, 2.45) is 0 Å². The molecule has 160 valence electrons. The summed E-state index contributed by atoms with van der Waals surface area (Å²) in [4.78, 5) is 8.65. The zero-order valence-corrected chi connectivity index (χ0v) is 19.0. The molecule has 1 N–H and O–H groups in total. The first-order chi connectivity index (χ1) is 15.0. The Balaban J connectivity index is 0.000000194. The monoisotopic (exact) mass is 412 g/mol. The number of hydrogen-bond acceptors (Lipinski definition) is 4. The van der Waals surface area contributed by atoms with Gasteiger partial charge in [-0.05, 0) is 59.9 Å². The fourth-order valence-corrected chi connectivity index (χ4v) is 3.82. The number of anilines is 1. The van der Waals surface area contributed by atoms with Crippen LogP contribution in [0.5, 0.6) is 0 Å². The lowest BCUT2D eigenvalue weighted by Gasteiger charge is -2.18. The molecular weight excluding hydrogens is 380 g/mol. The van der Waals surface area contributed by atoms with Crippen LogP contribution in [0.3, 0.4) is 0 Å². The van der Waals surface area contributed by atoms with Gasteiger partial charge in [0.25, 0.3) is 0 Å². The van der Waals surface area contributed by atoms with Crippen LogP contribution in [-0.2, 0) is 13.1 Å². The van der Waals surface area contributed by atoms with Crippen LogP contribution in [0, 0.1) is 0 Å². The van der Waals surface area contributed by atoms with Gasteiger partial charge in [0.15, 0.2) is 0 Å². The van der Waals surface area contributed by atoms with Gasteiger partial charge in [0.1, 0.15) is 5.82 Å². The summed E-state index contributed by atoms with van der Waals surface area (Å²) in [6.07, 6.45) is 7.68. The van der Waals surface area contributed by atoms with Gasteiger partial charge in [0.2, 0.25) is 0 Å². The quantitative estimate of drug-likeness (QED) is 0.558. The van der Waals surface area contributed by atoms with Crippen molar-refractivity contribution in [3.63, 3.8) is 0 Å². The molecule has 0 saturated carbocycles. The van der Waals surface area contributed by atoms with Crippen LogP contribution in [0.25, 0.3) is 22.5 Å². The Kier molecular flexibility index (Phi) is 7.27. The van der Waals surface area contributed by atoms with Gasteiger partial charge in [-0.2, -0.15) is 0 Å². The highest BCUT2D eigenvalue weighted by Crippen LogP contribution is 2.24. The third kappa shape index (κ3) is 5.22. The van der Waals surface area contributed by atoms with Crippen molar-refractivity contribution in [1.29, 1.82) is 0 Å². The molecule has 1 aromatic heterocycles. The molecule has 0 aliphatic carbocycles. The molecule has 4 nitrogen and oxygen atoms in total. The highest BCUT2D eigenvalue weighted by Gasteiger charge is 2.14. The predicted octanol–water partition coefficient (Wildman–Crippen LogP) is 5.99. The van der Waals surface area contributed by atoms with Crippen LogP contribution in [-0.4, -0.2) is 35.9 Å². The van der Waals surface area contributed by atoms with Crippen molar-refractivity contribution in [2.45, 2.75) is 20.0 Å². The largest absolute Gasteiger partial charge is 0.373 e. The fourth-order valence-electron chi connectivity index (χ4n) is 3.82. The van der Waals surface area contributed by atoms with Crippen molar-refractivity contribution in [2.75, 3.05) is 26.5 Å². The summed E-state index contributed by atoms with van der Waals surface area (Å²) in [7, 11) is 6.02. The number of rotatable bonds is 5. The minimum absolute atomic E-state index is 0.878. The topological polar surface area (TPSA) is 31.4 Å². The Morgan fingerprint density at radius 3 is 2.52 bits per heavy atom. The summed E-state index contributed by atoms with van der Waals surface area (Å²) >= 11 is 0. The summed E-state index contributed by atoms with van der Waals surface area (Å²) in [5.41, 5.74) is 6.45. The van der Waals surface area contributed by atoms with E-state index in [9.17, 15) is 0 Å². The lowest BCUT2D eigenvalue weighted by Crippen LogP contribution is -2.08. The van der Waals surface area contributed by atoms with Crippen molar-refractivity contribution >= 4 is 28.4 Å². The molecule has 0 saturated heterocycles. The lowest BCUT2D eigenvalue weighted by atomic mass is 10.1. The Bertz CT molecular complexity index is 1110. The van der Waals surface area contributed by atoms with Gasteiger partial charge < -0.3 is 10.2 Å². The predicted molar refractivity (Wildman–Crippen MR) is 135 cm³/mol. The maximum Gasteiger partial charge on any atom is 0.126 e. The van der Waals surface area contributed by atoms with E-state index >= 15 is 0 Å². The number of nitrogens with one attached hydrogen (secondary N) is 1. The van der Waals surface area contributed by atoms with Crippen LogP contribution < -0.4 is 5.32 Å². The Morgan fingerprint density at radius 1 is 1.06 bits per heavy atom. The molecule has 0 bridgehead atoms. The van der Waals surface area contributed by atoms with Crippen LogP contribution in [0.4, 0.5) is 5.82 Å². The molecular formula is C27H32N4. The maximum atomic E-state index is 4.32. The third-order valence-electron chi connectivity index (χ3n) is 5.55. The molecule has 2 heterocycles. The number of benzene rings is 2. The van der Waals surface area contributed by atoms with Gasteiger partial charge in [0, 0.05) is 44.5 Å². The van der Waals surface area contributed by atoms with Crippen molar-refractivity contribution < 1.29 is 0 Å². The molecule has 0 atom stereocenters. The molecule has 31 heavy (non-hydrogen) atoms. The SMILES string of the molecule is C=CN(C)/C(=C\C)c1ccc2cnc(NC)cc2c1.C=Cc1ccc2c(c1)CN(C)C2. The molecule has 3 aromatic rings. The minimum Gasteiger partial charge on any atom is -0.373 e. The smallest absolute Gasteiger partial charge is 0.126 e. The van der Waals surface area contributed by atoms with Crippen molar-refractivity contribution in [1.82, 2.24) is 14.8 Å². The van der Waals surface area contributed by atoms with Gasteiger partial charge in [-0.1, -0.05) is 55.6 Å². The molecule has 4 heteroatoms. The second kappa shape index (κ2) is 10.1. The summed E-state index contributed by atoms with van der Waals surface area (Å²) < 4.78 is 0. The highest BCUT2D eigenvalue weighted by atomic mass is 15.1. The van der Waals surface area contributed by atoms with E-state index in [1.54, 1.807) is 0 Å². The average Bonchev–Trinajstić information content (AvgIpc) is 3.18. The van der Waals surface area contributed by atoms with Crippen molar-refractivity contribution in [3.05, 3.63) is 96.3 Å². The number of allylic oxidation sites excluding steroid dienone is 1. The van der Waals surface area contributed by atoms with E-state index < -0.39 is 0 Å². The van der Waals surface area contributed by atoms with E-state index in [0.29, 0.717) is 0 Å². The Labute approximate surface area is 186 Å². The van der Waals surface area contributed by atoms with Gasteiger partial charge in [-0.25, -0.2) is 4.98 Å². The van der Waals surface area contributed by atoms with E-state index in [-0.39, 0.29) is 0 Å². The van der Waals surface area contributed by atoms with Crippen LogP contribution in [0.1, 0.15) is 29.2 Å². The lowest BCUT2D eigenvalue weighted by molar-refractivity contribution is 0.353. The van der Waals surface area contributed by atoms with Crippen molar-refractivity contribution in [3.8, 4) is 0 Å². The number of hydrogen-bond donors (Lipinski definition) is 1. The summed E-state index contributed by atoms with van der Waals surface area (Å²) in [6.45, 7) is 11.8. The van der Waals surface area contributed by atoms with Gasteiger partial charge >= 0.3 is 0 Å². The number of aromatic nitrogens is 1. The highest BCUT2D eigenvalue weighted by molar-refractivity contribution is 5.87. The van der Waals surface area contributed by atoms with Crippen LogP contribution in [0.2, 0.25) is 0 Å². The van der Waals surface area contributed by atoms with E-state index in [0.717, 1.165) is 30.0 Å². The first kappa shape index (κ1) is 22.3. The number of pyridine rings is 1. The molecule has 0 spiro atoms. The minimum atomic E-state index is 0.878. The first-order valence-corrected chi connectivity index (χ1v) is 10.5. The molecule has 0 amide bonds. The Morgan fingerprint density at radius 2 is 1.84 bits per heavy atom. The third-order valence-corrected chi connectivity index (χ3v) is 5.55. The van der Waals surface area contributed by atoms with Gasteiger partial charge in [-0.3, -0.25) is 4.90 Å². The summed E-state index contributed by atoms with van der Waals surface area (Å²) in [6, 6.07) is 15.0.